The standard InChI is InChI=1S/C11H14ClNO3/c1-16-7-10(11(14)15)13-6-8-4-2-3-5-9(8)12/h2-5,10,13H,6-7H2,1H3,(H,14,15). The van der Waals surface area contributed by atoms with Crippen LogP contribution in [0.3, 0.4) is 0 Å². The maximum absolute atomic E-state index is 10.8. The molecule has 16 heavy (non-hydrogen) atoms. The summed E-state index contributed by atoms with van der Waals surface area (Å²) in [6, 6.07) is 6.58. The Morgan fingerprint density at radius 3 is 2.81 bits per heavy atom. The number of hydrogen-bond donors (Lipinski definition) is 2. The smallest absolute Gasteiger partial charge is 0.323 e. The van der Waals surface area contributed by atoms with E-state index in [9.17, 15) is 4.79 Å². The summed E-state index contributed by atoms with van der Waals surface area (Å²) < 4.78 is 4.81. The molecule has 0 aliphatic carbocycles. The number of methoxy groups -OCH3 is 1. The van der Waals surface area contributed by atoms with Crippen LogP contribution in [-0.2, 0) is 16.1 Å². The molecule has 1 rings (SSSR count). The molecule has 5 heteroatoms. The van der Waals surface area contributed by atoms with Gasteiger partial charge in [0, 0.05) is 18.7 Å². The van der Waals surface area contributed by atoms with E-state index in [-0.39, 0.29) is 6.61 Å². The zero-order valence-electron chi connectivity index (χ0n) is 8.94. The summed E-state index contributed by atoms with van der Waals surface area (Å²) in [6.45, 7) is 0.528. The summed E-state index contributed by atoms with van der Waals surface area (Å²) in [7, 11) is 1.47. The van der Waals surface area contributed by atoms with Crippen molar-refractivity contribution in [2.75, 3.05) is 13.7 Å². The third-order valence-electron chi connectivity index (χ3n) is 2.13. The summed E-state index contributed by atoms with van der Waals surface area (Å²) in [5.41, 5.74) is 0.867. The van der Waals surface area contributed by atoms with Crippen molar-refractivity contribution in [1.29, 1.82) is 0 Å². The Kier molecular flexibility index (Phi) is 5.25. The van der Waals surface area contributed by atoms with Crippen LogP contribution in [0.5, 0.6) is 0 Å². The van der Waals surface area contributed by atoms with Gasteiger partial charge in [-0.15, -0.1) is 0 Å². The van der Waals surface area contributed by atoms with Crippen LogP contribution in [0.25, 0.3) is 0 Å². The highest BCUT2D eigenvalue weighted by Gasteiger charge is 2.16. The highest BCUT2D eigenvalue weighted by Crippen LogP contribution is 2.14. The first kappa shape index (κ1) is 13.0. The zero-order valence-corrected chi connectivity index (χ0v) is 9.70. The molecule has 0 saturated heterocycles. The number of carboxylic acids is 1. The lowest BCUT2D eigenvalue weighted by Crippen LogP contribution is -2.39. The lowest BCUT2D eigenvalue weighted by atomic mass is 10.2. The predicted molar refractivity (Wildman–Crippen MR) is 61.6 cm³/mol. The van der Waals surface area contributed by atoms with E-state index >= 15 is 0 Å². The normalized spacial score (nSPS) is 12.4. The molecule has 0 aromatic heterocycles. The molecule has 0 fully saturated rings. The number of nitrogens with one attached hydrogen (secondary N) is 1. The molecule has 0 saturated carbocycles. The van der Waals surface area contributed by atoms with Crippen LogP contribution in [0, 0.1) is 0 Å². The largest absolute Gasteiger partial charge is 0.480 e. The van der Waals surface area contributed by atoms with Gasteiger partial charge in [0.1, 0.15) is 6.04 Å². The topological polar surface area (TPSA) is 58.6 Å². The molecule has 88 valence electrons. The second-order valence-corrected chi connectivity index (χ2v) is 3.73. The molecule has 1 unspecified atom stereocenters. The van der Waals surface area contributed by atoms with Gasteiger partial charge in [-0.1, -0.05) is 29.8 Å². The highest BCUT2D eigenvalue weighted by atomic mass is 35.5. The molecule has 0 radical (unpaired) electrons. The maximum Gasteiger partial charge on any atom is 0.323 e. The molecule has 0 heterocycles. The van der Waals surface area contributed by atoms with Crippen molar-refractivity contribution in [2.24, 2.45) is 0 Å². The van der Waals surface area contributed by atoms with Crippen LogP contribution >= 0.6 is 11.6 Å². The molecular weight excluding hydrogens is 230 g/mol. The van der Waals surface area contributed by atoms with E-state index in [4.69, 9.17) is 21.4 Å². The average Bonchev–Trinajstić information content (AvgIpc) is 2.26. The molecule has 0 bridgehead atoms. The molecule has 1 aromatic rings. The van der Waals surface area contributed by atoms with Gasteiger partial charge in [0.05, 0.1) is 6.61 Å². The van der Waals surface area contributed by atoms with Gasteiger partial charge < -0.3 is 9.84 Å². The molecule has 0 aliphatic rings. The first-order valence-electron chi connectivity index (χ1n) is 4.83. The van der Waals surface area contributed by atoms with Crippen molar-refractivity contribution in [1.82, 2.24) is 5.32 Å². The van der Waals surface area contributed by atoms with E-state index in [0.29, 0.717) is 11.6 Å². The minimum Gasteiger partial charge on any atom is -0.480 e. The Bertz CT molecular complexity index is 357. The minimum absolute atomic E-state index is 0.125. The molecule has 1 aromatic carbocycles. The van der Waals surface area contributed by atoms with Crippen LogP contribution in [-0.4, -0.2) is 30.8 Å². The number of halogens is 1. The van der Waals surface area contributed by atoms with E-state index in [1.807, 2.05) is 18.2 Å². The van der Waals surface area contributed by atoms with E-state index in [1.165, 1.54) is 7.11 Å². The Balaban J connectivity index is 2.55. The van der Waals surface area contributed by atoms with Crippen molar-refractivity contribution in [2.45, 2.75) is 12.6 Å². The summed E-state index contributed by atoms with van der Waals surface area (Å²) >= 11 is 5.95. The van der Waals surface area contributed by atoms with E-state index in [2.05, 4.69) is 5.32 Å². The van der Waals surface area contributed by atoms with Gasteiger partial charge in [-0.3, -0.25) is 10.1 Å². The van der Waals surface area contributed by atoms with Crippen LogP contribution in [0.15, 0.2) is 24.3 Å². The summed E-state index contributed by atoms with van der Waals surface area (Å²) in [6.07, 6.45) is 0. The third-order valence-corrected chi connectivity index (χ3v) is 2.50. The number of hydrogen-bond acceptors (Lipinski definition) is 3. The number of aliphatic carboxylic acids is 1. The Morgan fingerprint density at radius 1 is 1.56 bits per heavy atom. The molecule has 1 atom stereocenters. The van der Waals surface area contributed by atoms with Crippen LogP contribution in [0.2, 0.25) is 5.02 Å². The maximum atomic E-state index is 10.8. The van der Waals surface area contributed by atoms with Crippen LogP contribution in [0.1, 0.15) is 5.56 Å². The first-order valence-corrected chi connectivity index (χ1v) is 5.21. The van der Waals surface area contributed by atoms with Crippen LogP contribution in [0.4, 0.5) is 0 Å². The van der Waals surface area contributed by atoms with Gasteiger partial charge >= 0.3 is 5.97 Å². The quantitative estimate of drug-likeness (QED) is 0.796. The van der Waals surface area contributed by atoms with Crippen molar-refractivity contribution >= 4 is 17.6 Å². The van der Waals surface area contributed by atoms with Gasteiger partial charge in [-0.05, 0) is 11.6 Å². The zero-order chi connectivity index (χ0) is 12.0. The fraction of sp³-hybridized carbons (Fsp3) is 0.364. The number of carboxylic acid groups (broad SMARTS) is 1. The van der Waals surface area contributed by atoms with Crippen molar-refractivity contribution in [3.05, 3.63) is 34.9 Å². The molecule has 0 aliphatic heterocycles. The van der Waals surface area contributed by atoms with Gasteiger partial charge in [-0.2, -0.15) is 0 Å². The summed E-state index contributed by atoms with van der Waals surface area (Å²) in [4.78, 5) is 10.8. The minimum atomic E-state index is -0.936. The monoisotopic (exact) mass is 243 g/mol. The Hall–Kier alpha value is -1.10. The fourth-order valence-corrected chi connectivity index (χ4v) is 1.46. The molecule has 2 N–H and O–H groups in total. The molecule has 0 spiro atoms. The number of benzene rings is 1. The third kappa shape index (κ3) is 3.81. The highest BCUT2D eigenvalue weighted by molar-refractivity contribution is 6.31. The van der Waals surface area contributed by atoms with E-state index < -0.39 is 12.0 Å². The van der Waals surface area contributed by atoms with E-state index in [0.717, 1.165) is 5.56 Å². The van der Waals surface area contributed by atoms with Crippen molar-refractivity contribution in [3.63, 3.8) is 0 Å². The summed E-state index contributed by atoms with van der Waals surface area (Å²) in [5, 5.41) is 12.4. The second kappa shape index (κ2) is 6.48. The Labute approximate surface area is 99.2 Å². The van der Waals surface area contributed by atoms with E-state index in [1.54, 1.807) is 6.07 Å². The van der Waals surface area contributed by atoms with Crippen molar-refractivity contribution in [3.8, 4) is 0 Å². The van der Waals surface area contributed by atoms with Gasteiger partial charge in [0.15, 0.2) is 0 Å². The second-order valence-electron chi connectivity index (χ2n) is 3.32. The molecule has 4 nitrogen and oxygen atoms in total. The van der Waals surface area contributed by atoms with Gasteiger partial charge in [0.25, 0.3) is 0 Å². The lowest BCUT2D eigenvalue weighted by molar-refractivity contribution is -0.140. The Morgan fingerprint density at radius 2 is 2.25 bits per heavy atom. The number of carbonyl (C=O) groups is 1. The average molecular weight is 244 g/mol. The molecular formula is C11H14ClNO3. The van der Waals surface area contributed by atoms with Crippen LogP contribution < -0.4 is 5.32 Å². The SMILES string of the molecule is COCC(NCc1ccccc1Cl)C(=O)O. The molecule has 0 amide bonds. The number of ether oxygens (including phenoxy) is 1. The summed E-state index contributed by atoms with van der Waals surface area (Å²) in [5.74, 6) is -0.936. The van der Waals surface area contributed by atoms with Gasteiger partial charge in [0.2, 0.25) is 0 Å². The lowest BCUT2D eigenvalue weighted by Gasteiger charge is -2.13. The first-order chi connectivity index (χ1) is 7.65. The fourth-order valence-electron chi connectivity index (χ4n) is 1.26. The number of rotatable bonds is 6. The van der Waals surface area contributed by atoms with Crippen molar-refractivity contribution < 1.29 is 14.6 Å². The predicted octanol–water partition coefficient (Wildman–Crippen LogP) is 1.53. The van der Waals surface area contributed by atoms with Gasteiger partial charge in [-0.25, -0.2) is 0 Å².